The van der Waals surface area contributed by atoms with Gasteiger partial charge in [0.1, 0.15) is 0 Å². The lowest BCUT2D eigenvalue weighted by atomic mass is 9.95. The summed E-state index contributed by atoms with van der Waals surface area (Å²) in [6.45, 7) is 0.210. The molecule has 3 N–H and O–H groups in total. The molecule has 0 bridgehead atoms. The molecule has 6 heteroatoms. The third-order valence-corrected chi connectivity index (χ3v) is 6.13. The lowest BCUT2D eigenvalue weighted by Crippen LogP contribution is -2.34. The van der Waals surface area contributed by atoms with E-state index in [1.807, 2.05) is 18.2 Å². The van der Waals surface area contributed by atoms with Gasteiger partial charge in [-0.05, 0) is 43.7 Å². The number of ether oxygens (including phenoxy) is 1. The monoisotopic (exact) mass is 371 g/mol. The summed E-state index contributed by atoms with van der Waals surface area (Å²) in [7, 11) is 0. The second-order valence-corrected chi connectivity index (χ2v) is 8.00. The van der Waals surface area contributed by atoms with Gasteiger partial charge < -0.3 is 20.5 Å². The Balaban J connectivity index is 1.38. The van der Waals surface area contributed by atoms with Crippen molar-refractivity contribution in [1.29, 1.82) is 0 Å². The summed E-state index contributed by atoms with van der Waals surface area (Å²) in [5, 5.41) is 16.8. The van der Waals surface area contributed by atoms with E-state index < -0.39 is 0 Å². The van der Waals surface area contributed by atoms with Gasteiger partial charge in [-0.3, -0.25) is 0 Å². The van der Waals surface area contributed by atoms with Gasteiger partial charge in [-0.2, -0.15) is 0 Å². The number of hydrogen-bond donors (Lipinski definition) is 3. The standard InChI is InChI=1S/C20H22ClN3O2/c21-15-10-16-18(24-19(22-16)26-14-2-1-3-14)23-17(15)12-4-6-13(7-5-12)20(11-25)8-9-20/h4-7,10,14,19,22,25H,1-3,8-9,11H2,(H,23,24). The van der Waals surface area contributed by atoms with E-state index in [-0.39, 0.29) is 18.4 Å². The number of nitrogens with one attached hydrogen (secondary N) is 2. The zero-order chi connectivity index (χ0) is 17.7. The highest BCUT2D eigenvalue weighted by Gasteiger charge is 2.43. The van der Waals surface area contributed by atoms with Crippen molar-refractivity contribution in [1.82, 2.24) is 4.98 Å². The van der Waals surface area contributed by atoms with Crippen LogP contribution < -0.4 is 10.6 Å². The van der Waals surface area contributed by atoms with Gasteiger partial charge >= 0.3 is 0 Å². The molecule has 1 unspecified atom stereocenters. The van der Waals surface area contributed by atoms with Crippen molar-refractivity contribution in [2.24, 2.45) is 0 Å². The molecule has 26 heavy (non-hydrogen) atoms. The molecule has 5 nitrogen and oxygen atoms in total. The minimum Gasteiger partial charge on any atom is -0.395 e. The summed E-state index contributed by atoms with van der Waals surface area (Å²) in [6, 6.07) is 10.1. The number of rotatable bonds is 5. The Morgan fingerprint density at radius 3 is 2.58 bits per heavy atom. The topological polar surface area (TPSA) is 66.4 Å². The van der Waals surface area contributed by atoms with E-state index >= 15 is 0 Å². The Kier molecular flexibility index (Phi) is 3.85. The van der Waals surface area contributed by atoms with E-state index in [4.69, 9.17) is 21.3 Å². The number of halogens is 1. The Morgan fingerprint density at radius 1 is 1.19 bits per heavy atom. The zero-order valence-electron chi connectivity index (χ0n) is 14.5. The Bertz CT molecular complexity index is 832. The fourth-order valence-electron chi connectivity index (χ4n) is 3.65. The first-order chi connectivity index (χ1) is 12.7. The van der Waals surface area contributed by atoms with Gasteiger partial charge in [-0.1, -0.05) is 35.9 Å². The van der Waals surface area contributed by atoms with Crippen LogP contribution in [0, 0.1) is 0 Å². The van der Waals surface area contributed by atoms with E-state index in [2.05, 4.69) is 22.8 Å². The Morgan fingerprint density at radius 2 is 1.96 bits per heavy atom. The predicted molar refractivity (Wildman–Crippen MR) is 102 cm³/mol. The molecule has 0 spiro atoms. The quantitative estimate of drug-likeness (QED) is 0.737. The number of pyridine rings is 1. The van der Waals surface area contributed by atoms with Crippen molar-refractivity contribution in [3.63, 3.8) is 0 Å². The van der Waals surface area contributed by atoms with Crippen LogP contribution in [0.1, 0.15) is 37.7 Å². The number of hydrogen-bond acceptors (Lipinski definition) is 5. The Labute approximate surface area is 157 Å². The molecule has 2 aromatic rings. The number of anilines is 2. The maximum absolute atomic E-state index is 9.59. The van der Waals surface area contributed by atoms with E-state index in [0.29, 0.717) is 11.1 Å². The normalized spacial score (nSPS) is 22.9. The van der Waals surface area contributed by atoms with E-state index in [0.717, 1.165) is 48.4 Å². The van der Waals surface area contributed by atoms with Crippen LogP contribution in [0.2, 0.25) is 5.02 Å². The van der Waals surface area contributed by atoms with Crippen LogP contribution in [0.4, 0.5) is 11.5 Å². The predicted octanol–water partition coefficient (Wildman–Crippen LogP) is 4.12. The molecule has 1 aromatic carbocycles. The van der Waals surface area contributed by atoms with Gasteiger partial charge in [0.25, 0.3) is 0 Å². The van der Waals surface area contributed by atoms with Crippen molar-refractivity contribution in [2.75, 3.05) is 17.2 Å². The van der Waals surface area contributed by atoms with Crippen LogP contribution in [0.25, 0.3) is 11.3 Å². The number of benzene rings is 1. The first-order valence-electron chi connectivity index (χ1n) is 9.28. The van der Waals surface area contributed by atoms with Crippen LogP contribution >= 0.6 is 11.6 Å². The molecular formula is C20H22ClN3O2. The highest BCUT2D eigenvalue weighted by atomic mass is 35.5. The molecule has 3 aliphatic rings. The highest BCUT2D eigenvalue weighted by Crippen LogP contribution is 2.48. The minimum atomic E-state index is -0.240. The van der Waals surface area contributed by atoms with Gasteiger partial charge in [-0.15, -0.1) is 0 Å². The van der Waals surface area contributed by atoms with Crippen molar-refractivity contribution < 1.29 is 9.84 Å². The first kappa shape index (κ1) is 16.4. The minimum absolute atomic E-state index is 0.0226. The number of nitrogens with zero attached hydrogens (tertiary/aromatic N) is 1. The van der Waals surface area contributed by atoms with Crippen LogP contribution in [-0.4, -0.2) is 29.2 Å². The third kappa shape index (κ3) is 2.75. The van der Waals surface area contributed by atoms with Gasteiger partial charge in [-0.25, -0.2) is 4.98 Å². The molecule has 0 radical (unpaired) electrons. The summed E-state index contributed by atoms with van der Waals surface area (Å²) in [6.07, 6.45) is 5.69. The largest absolute Gasteiger partial charge is 0.395 e. The average Bonchev–Trinajstić information content (AvgIpc) is 3.32. The van der Waals surface area contributed by atoms with Crippen molar-refractivity contribution in [2.45, 2.75) is 50.0 Å². The van der Waals surface area contributed by atoms with Crippen LogP contribution in [0.15, 0.2) is 30.3 Å². The molecule has 2 fully saturated rings. The molecule has 1 atom stereocenters. The summed E-state index contributed by atoms with van der Waals surface area (Å²) >= 11 is 6.49. The van der Waals surface area contributed by atoms with E-state index in [1.165, 1.54) is 12.0 Å². The summed E-state index contributed by atoms with van der Waals surface area (Å²) in [5.41, 5.74) is 3.77. The smallest absolute Gasteiger partial charge is 0.206 e. The molecule has 1 aromatic heterocycles. The second kappa shape index (κ2) is 6.12. The molecule has 2 heterocycles. The number of aliphatic hydroxyl groups excluding tert-OH is 1. The van der Waals surface area contributed by atoms with Crippen molar-refractivity contribution in [3.05, 3.63) is 40.9 Å². The second-order valence-electron chi connectivity index (χ2n) is 7.59. The summed E-state index contributed by atoms with van der Waals surface area (Å²) in [4.78, 5) is 4.72. The van der Waals surface area contributed by atoms with Gasteiger partial charge in [0, 0.05) is 11.0 Å². The number of aromatic nitrogens is 1. The highest BCUT2D eigenvalue weighted by molar-refractivity contribution is 6.33. The lowest BCUT2D eigenvalue weighted by molar-refractivity contribution is -0.0251. The molecule has 1 aliphatic heterocycles. The summed E-state index contributed by atoms with van der Waals surface area (Å²) < 4.78 is 5.96. The summed E-state index contributed by atoms with van der Waals surface area (Å²) in [5.74, 6) is 0.770. The molecule has 0 amide bonds. The molecule has 2 aliphatic carbocycles. The van der Waals surface area contributed by atoms with Gasteiger partial charge in [0.15, 0.2) is 5.82 Å². The molecular weight excluding hydrogens is 350 g/mol. The maximum Gasteiger partial charge on any atom is 0.206 e. The van der Waals surface area contributed by atoms with E-state index in [9.17, 15) is 5.11 Å². The zero-order valence-corrected chi connectivity index (χ0v) is 15.2. The van der Waals surface area contributed by atoms with Gasteiger partial charge in [0.05, 0.1) is 29.1 Å². The fraction of sp³-hybridized carbons (Fsp3) is 0.450. The van der Waals surface area contributed by atoms with Gasteiger partial charge in [0.2, 0.25) is 6.35 Å². The van der Waals surface area contributed by atoms with Crippen molar-refractivity contribution in [3.8, 4) is 11.3 Å². The van der Waals surface area contributed by atoms with Crippen LogP contribution in [-0.2, 0) is 10.2 Å². The SMILES string of the molecule is OCC1(c2ccc(-c3nc4c(cc3Cl)NC(OC3CCC3)N4)cc2)CC1. The van der Waals surface area contributed by atoms with Crippen LogP contribution in [0.5, 0.6) is 0 Å². The fourth-order valence-corrected chi connectivity index (χ4v) is 3.91. The maximum atomic E-state index is 9.59. The first-order valence-corrected chi connectivity index (χ1v) is 9.66. The third-order valence-electron chi connectivity index (χ3n) is 5.84. The lowest BCUT2D eigenvalue weighted by Gasteiger charge is -2.28. The molecule has 2 saturated carbocycles. The van der Waals surface area contributed by atoms with Crippen LogP contribution in [0.3, 0.4) is 0 Å². The van der Waals surface area contributed by atoms with Crippen molar-refractivity contribution >= 4 is 23.1 Å². The molecule has 136 valence electrons. The van der Waals surface area contributed by atoms with E-state index in [1.54, 1.807) is 0 Å². The molecule has 5 rings (SSSR count). The molecule has 0 saturated heterocycles. The number of aliphatic hydroxyl groups is 1. The average molecular weight is 372 g/mol. The number of fused-ring (bicyclic) bond motifs is 1. The Hall–Kier alpha value is -1.82.